The van der Waals surface area contributed by atoms with Crippen molar-refractivity contribution in [3.63, 3.8) is 0 Å². The molecule has 0 radical (unpaired) electrons. The molecule has 36 heavy (non-hydrogen) atoms. The molecule has 9 heteroatoms. The molecule has 1 N–H and O–H groups in total. The lowest BCUT2D eigenvalue weighted by Gasteiger charge is -2.46. The summed E-state index contributed by atoms with van der Waals surface area (Å²) in [5, 5.41) is 19.4. The maximum atomic E-state index is 15.5. The number of ether oxygens (including phenoxy) is 1. The van der Waals surface area contributed by atoms with Crippen molar-refractivity contribution >= 4 is 5.82 Å². The third-order valence-electron chi connectivity index (χ3n) is 7.93. The number of aromatic nitrogens is 4. The maximum Gasteiger partial charge on any atom is 0.255 e. The van der Waals surface area contributed by atoms with Gasteiger partial charge in [0.25, 0.3) is 5.95 Å². The molecule has 6 rings (SSSR count). The summed E-state index contributed by atoms with van der Waals surface area (Å²) < 4.78 is 34.2. The summed E-state index contributed by atoms with van der Waals surface area (Å²) in [6, 6.07) is 6.65. The number of alkyl halides is 1. The van der Waals surface area contributed by atoms with Gasteiger partial charge in [-0.25, -0.2) is 14.4 Å². The molecule has 3 aliphatic carbocycles. The van der Waals surface area contributed by atoms with Crippen LogP contribution in [0.25, 0.3) is 22.5 Å². The highest BCUT2D eigenvalue weighted by atomic mass is 19.1. The van der Waals surface area contributed by atoms with Gasteiger partial charge in [-0.1, -0.05) is 18.9 Å². The van der Waals surface area contributed by atoms with Gasteiger partial charge in [-0.15, -0.1) is 10.2 Å². The maximum absolute atomic E-state index is 15.5. The number of halogens is 2. The number of hydrogen-bond donors (Lipinski definition) is 1. The molecule has 0 unspecified atom stereocenters. The van der Waals surface area contributed by atoms with E-state index in [1.54, 1.807) is 24.4 Å². The Kier molecular flexibility index (Phi) is 5.93. The standard InChI is InChI=1S/C27H29F2N5O2/c1-36-23-12-18(13-30-26(23)29)16-5-8-20(22(35)11-16)27-31-14-24(32-33-27)34(19-6-7-19)21-10-15-3-2-4-17(9-15)25(21)28/h5,8,11-15,17,19,21,25,35H,2-4,6-7,9-10H2,1H3/t15-,17+,21+,25-/m0/s1. The summed E-state index contributed by atoms with van der Waals surface area (Å²) in [5.74, 6) is 0.923. The summed E-state index contributed by atoms with van der Waals surface area (Å²) in [7, 11) is 1.37. The monoisotopic (exact) mass is 493 g/mol. The number of phenols is 1. The van der Waals surface area contributed by atoms with Gasteiger partial charge in [0.2, 0.25) is 0 Å². The molecule has 3 fully saturated rings. The third-order valence-corrected chi connectivity index (χ3v) is 7.93. The molecule has 3 aliphatic rings. The molecular weight excluding hydrogens is 464 g/mol. The molecule has 1 aromatic carbocycles. The fourth-order valence-corrected chi connectivity index (χ4v) is 6.01. The third kappa shape index (κ3) is 4.24. The van der Waals surface area contributed by atoms with Gasteiger partial charge in [-0.05, 0) is 67.7 Å². The van der Waals surface area contributed by atoms with Gasteiger partial charge in [0.1, 0.15) is 11.9 Å². The predicted molar refractivity (Wildman–Crippen MR) is 131 cm³/mol. The van der Waals surface area contributed by atoms with Gasteiger partial charge in [0.05, 0.1) is 24.9 Å². The fraction of sp³-hybridized carbons (Fsp3) is 0.481. The van der Waals surface area contributed by atoms with E-state index in [0.29, 0.717) is 34.5 Å². The van der Waals surface area contributed by atoms with Crippen molar-refractivity contribution in [3.05, 3.63) is 42.6 Å². The zero-order valence-electron chi connectivity index (χ0n) is 20.1. The van der Waals surface area contributed by atoms with Crippen LogP contribution in [-0.4, -0.2) is 50.6 Å². The van der Waals surface area contributed by atoms with Crippen molar-refractivity contribution < 1.29 is 18.6 Å². The Balaban J connectivity index is 1.25. The number of fused-ring (bicyclic) bond motifs is 2. The van der Waals surface area contributed by atoms with E-state index in [1.807, 2.05) is 0 Å². The van der Waals surface area contributed by atoms with Gasteiger partial charge < -0.3 is 14.7 Å². The van der Waals surface area contributed by atoms with Crippen LogP contribution in [0.4, 0.5) is 14.6 Å². The lowest BCUT2D eigenvalue weighted by Crippen LogP contribution is -2.52. The summed E-state index contributed by atoms with van der Waals surface area (Å²) in [6.07, 6.45) is 9.43. The van der Waals surface area contributed by atoms with Gasteiger partial charge in [-0.3, -0.25) is 0 Å². The van der Waals surface area contributed by atoms with Gasteiger partial charge >= 0.3 is 0 Å². The van der Waals surface area contributed by atoms with Crippen LogP contribution in [0.5, 0.6) is 11.5 Å². The lowest BCUT2D eigenvalue weighted by atomic mass is 9.69. The number of methoxy groups -OCH3 is 1. The van der Waals surface area contributed by atoms with Crippen LogP contribution in [0.3, 0.4) is 0 Å². The molecule has 7 nitrogen and oxygen atoms in total. The molecule has 0 spiro atoms. The molecule has 3 saturated carbocycles. The number of nitrogens with zero attached hydrogens (tertiary/aromatic N) is 5. The van der Waals surface area contributed by atoms with Crippen LogP contribution in [0.15, 0.2) is 36.7 Å². The van der Waals surface area contributed by atoms with Crippen molar-refractivity contribution in [2.24, 2.45) is 11.8 Å². The topological polar surface area (TPSA) is 84.3 Å². The largest absolute Gasteiger partial charge is 0.507 e. The molecule has 0 saturated heterocycles. The van der Waals surface area contributed by atoms with Gasteiger partial charge in [-0.2, -0.15) is 4.39 Å². The average molecular weight is 494 g/mol. The first-order valence-corrected chi connectivity index (χ1v) is 12.7. The number of rotatable bonds is 6. The van der Waals surface area contributed by atoms with Crippen LogP contribution in [0.2, 0.25) is 0 Å². The Labute approximate surface area is 208 Å². The van der Waals surface area contributed by atoms with Gasteiger partial charge in [0, 0.05) is 17.8 Å². The Hall–Kier alpha value is -3.36. The molecule has 4 atom stereocenters. The molecule has 2 aromatic heterocycles. The Morgan fingerprint density at radius 1 is 1.00 bits per heavy atom. The smallest absolute Gasteiger partial charge is 0.255 e. The zero-order chi connectivity index (χ0) is 24.8. The summed E-state index contributed by atoms with van der Waals surface area (Å²) in [5.41, 5.74) is 1.67. The van der Waals surface area contributed by atoms with E-state index >= 15 is 4.39 Å². The molecule has 3 aromatic rings. The summed E-state index contributed by atoms with van der Waals surface area (Å²) in [6.45, 7) is 0. The van der Waals surface area contributed by atoms with E-state index in [4.69, 9.17) is 4.74 Å². The number of phenolic OH excluding ortho intramolecular Hbond substituents is 1. The van der Waals surface area contributed by atoms with E-state index in [2.05, 4.69) is 25.1 Å². The van der Waals surface area contributed by atoms with Crippen molar-refractivity contribution in [2.45, 2.75) is 63.2 Å². The predicted octanol–water partition coefficient (Wildman–Crippen LogP) is 5.34. The Morgan fingerprint density at radius 2 is 1.86 bits per heavy atom. The second-order valence-electron chi connectivity index (χ2n) is 10.3. The summed E-state index contributed by atoms with van der Waals surface area (Å²) in [4.78, 5) is 10.3. The van der Waals surface area contributed by atoms with Crippen molar-refractivity contribution in [1.82, 2.24) is 20.2 Å². The van der Waals surface area contributed by atoms with Crippen LogP contribution >= 0.6 is 0 Å². The number of benzene rings is 1. The minimum absolute atomic E-state index is 0.0246. The first-order chi connectivity index (χ1) is 17.5. The van der Waals surface area contributed by atoms with Crippen LogP contribution < -0.4 is 9.64 Å². The number of hydrogen-bond acceptors (Lipinski definition) is 7. The van der Waals surface area contributed by atoms with Gasteiger partial charge in [0.15, 0.2) is 17.4 Å². The van der Waals surface area contributed by atoms with Crippen LogP contribution in [0.1, 0.15) is 44.9 Å². The van der Waals surface area contributed by atoms with Crippen LogP contribution in [0, 0.1) is 17.8 Å². The van der Waals surface area contributed by atoms with Crippen molar-refractivity contribution in [2.75, 3.05) is 12.0 Å². The molecule has 0 aliphatic heterocycles. The molecule has 188 valence electrons. The Bertz CT molecular complexity index is 1250. The highest BCUT2D eigenvalue weighted by molar-refractivity contribution is 5.73. The molecular formula is C27H29F2N5O2. The van der Waals surface area contributed by atoms with E-state index in [-0.39, 0.29) is 29.3 Å². The van der Waals surface area contributed by atoms with E-state index in [1.165, 1.54) is 25.8 Å². The number of pyridine rings is 1. The van der Waals surface area contributed by atoms with E-state index in [0.717, 1.165) is 38.5 Å². The van der Waals surface area contributed by atoms with E-state index in [9.17, 15) is 9.50 Å². The second kappa shape index (κ2) is 9.26. The normalized spacial score (nSPS) is 25.4. The fourth-order valence-electron chi connectivity index (χ4n) is 6.01. The quantitative estimate of drug-likeness (QED) is 0.464. The summed E-state index contributed by atoms with van der Waals surface area (Å²) >= 11 is 0. The first-order valence-electron chi connectivity index (χ1n) is 12.7. The highest BCUT2D eigenvalue weighted by Crippen LogP contribution is 2.46. The lowest BCUT2D eigenvalue weighted by molar-refractivity contribution is 0.0631. The van der Waals surface area contributed by atoms with E-state index < -0.39 is 12.1 Å². The SMILES string of the molecule is COc1cc(-c2ccc(-c3ncc(N(C4CC4)[C@@H]4C[C@H]5CCC[C@H](C5)[C@@H]4F)nn3)c(O)c2)cnc1F. The van der Waals surface area contributed by atoms with Crippen molar-refractivity contribution in [3.8, 4) is 34.0 Å². The van der Waals surface area contributed by atoms with Crippen molar-refractivity contribution in [1.29, 1.82) is 0 Å². The van der Waals surface area contributed by atoms with Crippen LogP contribution in [-0.2, 0) is 0 Å². The molecule has 2 bridgehead atoms. The second-order valence-corrected chi connectivity index (χ2v) is 10.3. The minimum atomic E-state index is -0.847. The minimum Gasteiger partial charge on any atom is -0.507 e. The average Bonchev–Trinajstić information content (AvgIpc) is 3.73. The molecule has 0 amide bonds. The zero-order valence-corrected chi connectivity index (χ0v) is 20.1. The Morgan fingerprint density at radius 3 is 2.58 bits per heavy atom. The number of anilines is 1. The molecule has 2 heterocycles. The first kappa shape index (κ1) is 23.1. The highest BCUT2D eigenvalue weighted by Gasteiger charge is 2.46. The number of aromatic hydroxyl groups is 1.